The number of rotatable bonds is 5. The van der Waals surface area contributed by atoms with Gasteiger partial charge in [-0.3, -0.25) is 9.59 Å². The highest BCUT2D eigenvalue weighted by molar-refractivity contribution is 7.10. The van der Waals surface area contributed by atoms with E-state index >= 15 is 0 Å². The fourth-order valence-electron chi connectivity index (χ4n) is 4.32. The molecule has 2 aromatic rings. The molecule has 1 unspecified atom stereocenters. The number of hydrogen-bond acceptors (Lipinski definition) is 6. The van der Waals surface area contributed by atoms with E-state index in [0.29, 0.717) is 48.9 Å². The maximum absolute atomic E-state index is 14.4. The molecule has 1 amide bonds. The number of ketones is 1. The number of anilines is 1. The molecule has 0 radical (unpaired) electrons. The molecule has 0 N–H and O–H groups in total. The van der Waals surface area contributed by atoms with E-state index in [1.165, 1.54) is 17.9 Å². The van der Waals surface area contributed by atoms with Crippen molar-refractivity contribution in [3.8, 4) is 0 Å². The van der Waals surface area contributed by atoms with E-state index in [2.05, 4.69) is 6.92 Å². The molecular weight excluding hydrogens is 431 g/mol. The summed E-state index contributed by atoms with van der Waals surface area (Å²) in [5, 5.41) is 1.85. The molecule has 0 bridgehead atoms. The van der Waals surface area contributed by atoms with Gasteiger partial charge in [-0.05, 0) is 55.9 Å². The van der Waals surface area contributed by atoms with Crippen molar-refractivity contribution in [1.29, 1.82) is 0 Å². The number of benzene rings is 1. The van der Waals surface area contributed by atoms with Gasteiger partial charge >= 0.3 is 5.97 Å². The minimum atomic E-state index is -0.445. The molecule has 170 valence electrons. The molecule has 4 rings (SSSR count). The standard InChI is InChI=1S/C24H27FN2O4S/c1-15-3-5-18-19(14-32-22(18)11-15)24(30)31-13-23(29)27-9-7-26(8-10-27)21-6-4-17(16(2)28)12-20(21)25/h4,6,12,14-15H,3,5,7-11,13H2,1-2H3. The largest absolute Gasteiger partial charge is 0.452 e. The van der Waals surface area contributed by atoms with Crippen LogP contribution in [0.15, 0.2) is 23.6 Å². The number of carbonyl (C=O) groups is 3. The van der Waals surface area contributed by atoms with Crippen LogP contribution in [-0.2, 0) is 22.4 Å². The highest BCUT2D eigenvalue weighted by Crippen LogP contribution is 2.33. The molecule has 1 aliphatic carbocycles. The van der Waals surface area contributed by atoms with Gasteiger partial charge in [0, 0.05) is 42.0 Å². The Bertz CT molecular complexity index is 1040. The van der Waals surface area contributed by atoms with E-state index in [0.717, 1.165) is 24.8 Å². The van der Waals surface area contributed by atoms with Crippen LogP contribution in [0.3, 0.4) is 0 Å². The summed E-state index contributed by atoms with van der Waals surface area (Å²) in [6.07, 6.45) is 2.93. The predicted molar refractivity (Wildman–Crippen MR) is 121 cm³/mol. The molecule has 1 atom stereocenters. The Morgan fingerprint density at radius 2 is 1.94 bits per heavy atom. The van der Waals surface area contributed by atoms with Crippen LogP contribution in [0.5, 0.6) is 0 Å². The molecule has 1 aromatic carbocycles. The van der Waals surface area contributed by atoms with Crippen LogP contribution >= 0.6 is 11.3 Å². The molecule has 1 saturated heterocycles. The van der Waals surface area contributed by atoms with Crippen molar-refractivity contribution in [3.05, 3.63) is 51.0 Å². The third-order valence-electron chi connectivity index (χ3n) is 6.28. The number of esters is 1. The van der Waals surface area contributed by atoms with Gasteiger partial charge in [-0.25, -0.2) is 9.18 Å². The van der Waals surface area contributed by atoms with Crippen molar-refractivity contribution in [3.63, 3.8) is 0 Å². The minimum absolute atomic E-state index is 0.182. The molecule has 2 heterocycles. The van der Waals surface area contributed by atoms with Gasteiger partial charge in [0.1, 0.15) is 5.82 Å². The topological polar surface area (TPSA) is 66.9 Å². The first-order valence-corrected chi connectivity index (χ1v) is 11.8. The van der Waals surface area contributed by atoms with Crippen molar-refractivity contribution in [2.75, 3.05) is 37.7 Å². The minimum Gasteiger partial charge on any atom is -0.452 e. The quantitative estimate of drug-likeness (QED) is 0.505. The number of piperazine rings is 1. The second kappa shape index (κ2) is 9.40. The number of Topliss-reactive ketones (excluding diaryl/α,β-unsaturated/α-hetero) is 1. The van der Waals surface area contributed by atoms with E-state index in [4.69, 9.17) is 4.74 Å². The summed E-state index contributed by atoms with van der Waals surface area (Å²) in [5.74, 6) is -0.677. The third-order valence-corrected chi connectivity index (χ3v) is 7.33. The smallest absolute Gasteiger partial charge is 0.339 e. The average molecular weight is 459 g/mol. The second-order valence-electron chi connectivity index (χ2n) is 8.57. The van der Waals surface area contributed by atoms with E-state index in [1.54, 1.807) is 28.4 Å². The summed E-state index contributed by atoms with van der Waals surface area (Å²) in [6, 6.07) is 4.47. The lowest BCUT2D eigenvalue weighted by molar-refractivity contribution is -0.134. The van der Waals surface area contributed by atoms with Crippen molar-refractivity contribution in [2.24, 2.45) is 5.92 Å². The zero-order chi connectivity index (χ0) is 22.8. The maximum Gasteiger partial charge on any atom is 0.339 e. The lowest BCUT2D eigenvalue weighted by Crippen LogP contribution is -2.50. The summed E-state index contributed by atoms with van der Waals surface area (Å²) in [6.45, 7) is 5.08. The number of nitrogens with zero attached hydrogens (tertiary/aromatic N) is 2. The normalized spacial score (nSPS) is 18.3. The van der Waals surface area contributed by atoms with Crippen LogP contribution in [0.2, 0.25) is 0 Å². The Hall–Kier alpha value is -2.74. The Kier molecular flexibility index (Phi) is 6.60. The zero-order valence-electron chi connectivity index (χ0n) is 18.4. The van der Waals surface area contributed by atoms with E-state index in [-0.39, 0.29) is 18.3 Å². The second-order valence-corrected chi connectivity index (χ2v) is 9.53. The Morgan fingerprint density at radius 3 is 2.62 bits per heavy atom. The predicted octanol–water partition coefficient (Wildman–Crippen LogP) is 3.72. The van der Waals surface area contributed by atoms with Gasteiger partial charge in [0.15, 0.2) is 12.4 Å². The zero-order valence-corrected chi connectivity index (χ0v) is 19.2. The van der Waals surface area contributed by atoms with Crippen LogP contribution in [0, 0.1) is 11.7 Å². The van der Waals surface area contributed by atoms with Crippen LogP contribution in [0.25, 0.3) is 0 Å². The molecule has 1 aromatic heterocycles. The summed E-state index contributed by atoms with van der Waals surface area (Å²) in [5.41, 5.74) is 2.43. The van der Waals surface area contributed by atoms with Crippen LogP contribution in [0.4, 0.5) is 10.1 Å². The Labute approximate surface area is 191 Å². The molecule has 32 heavy (non-hydrogen) atoms. The van der Waals surface area contributed by atoms with Crippen molar-refractivity contribution >= 4 is 34.7 Å². The number of thiophene rings is 1. The lowest BCUT2D eigenvalue weighted by Gasteiger charge is -2.36. The first-order valence-electron chi connectivity index (χ1n) is 10.9. The number of carbonyl (C=O) groups excluding carboxylic acids is 3. The number of ether oxygens (including phenoxy) is 1. The first kappa shape index (κ1) is 22.5. The van der Waals surface area contributed by atoms with E-state index in [9.17, 15) is 18.8 Å². The monoisotopic (exact) mass is 458 g/mol. The third kappa shape index (κ3) is 4.70. The highest BCUT2D eigenvalue weighted by atomic mass is 32.1. The van der Waals surface area contributed by atoms with Gasteiger partial charge < -0.3 is 14.5 Å². The Morgan fingerprint density at radius 1 is 1.19 bits per heavy atom. The molecule has 8 heteroatoms. The number of hydrogen-bond donors (Lipinski definition) is 0. The van der Waals surface area contributed by atoms with Crippen LogP contribution in [-0.4, -0.2) is 55.3 Å². The highest BCUT2D eigenvalue weighted by Gasteiger charge is 2.27. The SMILES string of the molecule is CC(=O)c1ccc(N2CCN(C(=O)COC(=O)c3csc4c3CCC(C)C4)CC2)c(F)c1. The van der Waals surface area contributed by atoms with Crippen molar-refractivity contribution in [1.82, 2.24) is 4.90 Å². The maximum atomic E-state index is 14.4. The first-order chi connectivity index (χ1) is 15.3. The van der Waals surface area contributed by atoms with E-state index in [1.807, 2.05) is 10.3 Å². The molecule has 2 aliphatic rings. The van der Waals surface area contributed by atoms with Gasteiger partial charge in [-0.1, -0.05) is 6.92 Å². The molecular formula is C24H27FN2O4S. The van der Waals surface area contributed by atoms with Crippen molar-refractivity contribution < 1.29 is 23.5 Å². The number of halogens is 1. The summed E-state index contributed by atoms with van der Waals surface area (Å²) in [4.78, 5) is 41.2. The summed E-state index contributed by atoms with van der Waals surface area (Å²) < 4.78 is 19.7. The van der Waals surface area contributed by atoms with Gasteiger partial charge in [0.05, 0.1) is 11.3 Å². The van der Waals surface area contributed by atoms with Crippen LogP contribution < -0.4 is 4.90 Å². The fraction of sp³-hybridized carbons (Fsp3) is 0.458. The summed E-state index contributed by atoms with van der Waals surface area (Å²) in [7, 11) is 0. The molecule has 0 saturated carbocycles. The molecule has 1 fully saturated rings. The number of amides is 1. The fourth-order valence-corrected chi connectivity index (χ4v) is 5.56. The van der Waals surface area contributed by atoms with Gasteiger partial charge in [-0.15, -0.1) is 11.3 Å². The molecule has 0 spiro atoms. The average Bonchev–Trinajstić information content (AvgIpc) is 3.20. The van der Waals surface area contributed by atoms with Crippen LogP contribution in [0.1, 0.15) is 51.4 Å². The van der Waals surface area contributed by atoms with E-state index < -0.39 is 11.8 Å². The number of fused-ring (bicyclic) bond motifs is 1. The lowest BCUT2D eigenvalue weighted by atomic mass is 9.88. The van der Waals surface area contributed by atoms with Gasteiger partial charge in [-0.2, -0.15) is 0 Å². The Balaban J connectivity index is 1.29. The summed E-state index contributed by atoms with van der Waals surface area (Å²) >= 11 is 1.60. The van der Waals surface area contributed by atoms with Gasteiger partial charge in [0.2, 0.25) is 0 Å². The van der Waals surface area contributed by atoms with Gasteiger partial charge in [0.25, 0.3) is 5.91 Å². The van der Waals surface area contributed by atoms with Crippen molar-refractivity contribution in [2.45, 2.75) is 33.1 Å². The molecule has 1 aliphatic heterocycles. The molecule has 6 nitrogen and oxygen atoms in total.